The molecule has 1 saturated carbocycles. The van der Waals surface area contributed by atoms with Gasteiger partial charge >= 0.3 is 15.6 Å². The van der Waals surface area contributed by atoms with Crippen molar-refractivity contribution in [2.75, 3.05) is 5.73 Å². The van der Waals surface area contributed by atoms with Crippen molar-refractivity contribution >= 4 is 38.1 Å². The van der Waals surface area contributed by atoms with E-state index in [1.165, 1.54) is 6.20 Å². The van der Waals surface area contributed by atoms with Gasteiger partial charge in [0.1, 0.15) is 5.65 Å². The molecule has 0 saturated heterocycles. The number of alkyl halides is 3. The molecule has 1 fully saturated rings. The van der Waals surface area contributed by atoms with E-state index in [0.717, 1.165) is 31.7 Å². The fraction of sp³-hybridized carbons (Fsp3) is 0.429. The Morgan fingerprint density at radius 1 is 1.15 bits per heavy atom. The van der Waals surface area contributed by atoms with E-state index in [1.54, 1.807) is 0 Å². The van der Waals surface area contributed by atoms with E-state index in [0.29, 0.717) is 22.1 Å². The molecular formula is C14H13F3N6O3S. The Morgan fingerprint density at radius 3 is 2.52 bits per heavy atom. The highest BCUT2D eigenvalue weighted by Gasteiger charge is 2.49. The van der Waals surface area contributed by atoms with Crippen molar-refractivity contribution in [1.29, 1.82) is 0 Å². The van der Waals surface area contributed by atoms with Crippen LogP contribution in [0.1, 0.15) is 31.7 Å². The average Bonchev–Trinajstić information content (AvgIpc) is 3.18. The first-order valence-electron chi connectivity index (χ1n) is 7.98. The van der Waals surface area contributed by atoms with Crippen LogP contribution in [0.5, 0.6) is 5.88 Å². The molecule has 1 aliphatic carbocycles. The molecule has 0 atom stereocenters. The maximum absolute atomic E-state index is 12.5. The monoisotopic (exact) mass is 402 g/mol. The second kappa shape index (κ2) is 5.90. The lowest BCUT2D eigenvalue weighted by molar-refractivity contribution is -0.0501. The third kappa shape index (κ3) is 2.91. The minimum absolute atomic E-state index is 0.0358. The van der Waals surface area contributed by atoms with Gasteiger partial charge in [-0.3, -0.25) is 0 Å². The van der Waals surface area contributed by atoms with Crippen LogP contribution < -0.4 is 9.92 Å². The zero-order chi connectivity index (χ0) is 19.4. The summed E-state index contributed by atoms with van der Waals surface area (Å²) in [5, 5.41) is 8.21. The van der Waals surface area contributed by atoms with Gasteiger partial charge < -0.3 is 14.5 Å². The Labute approximate surface area is 150 Å². The van der Waals surface area contributed by atoms with Gasteiger partial charge in [-0.2, -0.15) is 26.6 Å². The summed E-state index contributed by atoms with van der Waals surface area (Å²) in [6.07, 6.45) is 5.21. The summed E-state index contributed by atoms with van der Waals surface area (Å²) in [6.45, 7) is 0. The van der Waals surface area contributed by atoms with E-state index in [4.69, 9.17) is 5.73 Å². The topological polar surface area (TPSA) is 126 Å². The van der Waals surface area contributed by atoms with Gasteiger partial charge in [0.05, 0.1) is 0 Å². The fourth-order valence-electron chi connectivity index (χ4n) is 3.31. The lowest BCUT2D eigenvalue weighted by Gasteiger charge is -2.13. The first-order valence-corrected chi connectivity index (χ1v) is 9.39. The van der Waals surface area contributed by atoms with Gasteiger partial charge in [0.25, 0.3) is 5.88 Å². The van der Waals surface area contributed by atoms with Crippen LogP contribution in [0.3, 0.4) is 0 Å². The molecule has 13 heteroatoms. The molecule has 27 heavy (non-hydrogen) atoms. The van der Waals surface area contributed by atoms with Crippen molar-refractivity contribution in [2.45, 2.75) is 37.2 Å². The Balaban J connectivity index is 1.90. The molecular weight excluding hydrogens is 389 g/mol. The molecule has 0 unspecified atom stereocenters. The second-order valence-corrected chi connectivity index (χ2v) is 7.71. The Bertz CT molecular complexity index is 1140. The molecule has 0 radical (unpaired) electrons. The molecule has 3 heterocycles. The number of aromatic nitrogens is 5. The van der Waals surface area contributed by atoms with Crippen LogP contribution in [0.15, 0.2) is 12.3 Å². The average molecular weight is 402 g/mol. The van der Waals surface area contributed by atoms with Crippen LogP contribution in [0.25, 0.3) is 22.1 Å². The predicted molar refractivity (Wildman–Crippen MR) is 88.1 cm³/mol. The van der Waals surface area contributed by atoms with Gasteiger partial charge in [-0.05, 0) is 12.8 Å². The van der Waals surface area contributed by atoms with Crippen LogP contribution in [-0.4, -0.2) is 38.7 Å². The minimum atomic E-state index is -5.85. The van der Waals surface area contributed by atoms with E-state index < -0.39 is 21.5 Å². The molecule has 9 nitrogen and oxygen atoms in total. The summed E-state index contributed by atoms with van der Waals surface area (Å²) in [5.41, 5.74) is 0.926. The lowest BCUT2D eigenvalue weighted by Crippen LogP contribution is -2.28. The van der Waals surface area contributed by atoms with E-state index in [-0.39, 0.29) is 12.0 Å². The first kappa shape index (κ1) is 17.7. The molecule has 2 N–H and O–H groups in total. The summed E-state index contributed by atoms with van der Waals surface area (Å²) in [5.74, 6) is -0.754. The van der Waals surface area contributed by atoms with Crippen LogP contribution in [0, 0.1) is 0 Å². The highest BCUT2D eigenvalue weighted by Crippen LogP contribution is 2.37. The van der Waals surface area contributed by atoms with Crippen LogP contribution in [0.2, 0.25) is 0 Å². The van der Waals surface area contributed by atoms with Crippen LogP contribution in [0.4, 0.5) is 19.1 Å². The van der Waals surface area contributed by atoms with Gasteiger partial charge in [-0.1, -0.05) is 12.8 Å². The Kier molecular flexibility index (Phi) is 3.87. The van der Waals surface area contributed by atoms with Gasteiger partial charge in [0.15, 0.2) is 5.65 Å². The van der Waals surface area contributed by atoms with Crippen LogP contribution >= 0.6 is 0 Å². The van der Waals surface area contributed by atoms with Crippen molar-refractivity contribution < 1.29 is 25.8 Å². The highest BCUT2D eigenvalue weighted by atomic mass is 32.2. The van der Waals surface area contributed by atoms with Crippen LogP contribution in [-0.2, 0) is 10.1 Å². The Hall–Kier alpha value is -2.70. The largest absolute Gasteiger partial charge is 0.534 e. The number of anilines is 1. The molecule has 0 aliphatic heterocycles. The molecule has 0 spiro atoms. The predicted octanol–water partition coefficient (Wildman–Crippen LogP) is 2.30. The zero-order valence-electron chi connectivity index (χ0n) is 13.6. The molecule has 4 rings (SSSR count). The lowest BCUT2D eigenvalue weighted by atomic mass is 10.2. The Morgan fingerprint density at radius 2 is 1.85 bits per heavy atom. The standard InChI is InChI=1S/C14H13F3N6O3S/c15-14(16,17)27(24,25)26-10-5-8-9-6-19-13(18)20-11(9)23(12(8)22-21-10)7-3-1-2-4-7/h5-7H,1-4H2,(H2,18,19,20). The number of hydrogen-bond acceptors (Lipinski definition) is 8. The van der Waals surface area contributed by atoms with Gasteiger partial charge in [0, 0.05) is 29.1 Å². The summed E-state index contributed by atoms with van der Waals surface area (Å²) >= 11 is 0. The number of fused-ring (bicyclic) bond motifs is 3. The first-order chi connectivity index (χ1) is 12.7. The third-order valence-corrected chi connectivity index (χ3v) is 5.41. The smallest absolute Gasteiger partial charge is 0.368 e. The molecule has 3 aromatic rings. The highest BCUT2D eigenvalue weighted by molar-refractivity contribution is 7.87. The molecule has 0 bridgehead atoms. The maximum Gasteiger partial charge on any atom is 0.534 e. The van der Waals surface area contributed by atoms with E-state index in [2.05, 4.69) is 24.3 Å². The van der Waals surface area contributed by atoms with Gasteiger partial charge in [-0.15, -0.1) is 10.2 Å². The molecule has 3 aromatic heterocycles. The van der Waals surface area contributed by atoms with Crippen molar-refractivity contribution in [1.82, 2.24) is 24.7 Å². The number of nitrogen functional groups attached to an aromatic ring is 1. The normalized spacial score (nSPS) is 16.4. The van der Waals surface area contributed by atoms with Crippen molar-refractivity contribution in [3.05, 3.63) is 12.3 Å². The van der Waals surface area contributed by atoms with Crippen molar-refractivity contribution in [3.63, 3.8) is 0 Å². The van der Waals surface area contributed by atoms with Gasteiger partial charge in [0.2, 0.25) is 5.95 Å². The van der Waals surface area contributed by atoms with E-state index in [1.807, 2.05) is 4.57 Å². The summed E-state index contributed by atoms with van der Waals surface area (Å²) in [6, 6.07) is 1.16. The molecule has 0 aromatic carbocycles. The van der Waals surface area contributed by atoms with Crippen molar-refractivity contribution in [3.8, 4) is 5.88 Å². The SMILES string of the molecule is Nc1ncc2c3cc(OS(=O)(=O)C(F)(F)F)nnc3n(C3CCCC3)c2n1. The zero-order valence-corrected chi connectivity index (χ0v) is 14.5. The molecule has 0 amide bonds. The summed E-state index contributed by atoms with van der Waals surface area (Å²) in [7, 11) is -5.85. The molecule has 1 aliphatic rings. The quantitative estimate of drug-likeness (QED) is 0.522. The minimum Gasteiger partial charge on any atom is -0.368 e. The number of halogens is 3. The third-order valence-electron chi connectivity index (χ3n) is 4.45. The maximum atomic E-state index is 12.5. The number of nitrogens with zero attached hydrogens (tertiary/aromatic N) is 5. The van der Waals surface area contributed by atoms with Crippen molar-refractivity contribution in [2.24, 2.45) is 0 Å². The van der Waals surface area contributed by atoms with E-state index >= 15 is 0 Å². The van der Waals surface area contributed by atoms with E-state index in [9.17, 15) is 21.6 Å². The fourth-order valence-corrected chi connectivity index (χ4v) is 3.71. The summed E-state index contributed by atoms with van der Waals surface area (Å²) < 4.78 is 66.0. The number of hydrogen-bond donors (Lipinski definition) is 1. The second-order valence-electron chi connectivity index (χ2n) is 6.18. The van der Waals surface area contributed by atoms with Gasteiger partial charge in [-0.25, -0.2) is 4.98 Å². The molecule has 144 valence electrons. The summed E-state index contributed by atoms with van der Waals surface area (Å²) in [4.78, 5) is 8.13. The number of nitrogens with two attached hydrogens (primary N) is 1. The number of rotatable bonds is 3.